The Bertz CT molecular complexity index is 515. The lowest BCUT2D eigenvalue weighted by molar-refractivity contribution is -0.777. The molecule has 1 aromatic rings. The van der Waals surface area contributed by atoms with Gasteiger partial charge in [-0.25, -0.2) is 4.79 Å². The fourth-order valence-electron chi connectivity index (χ4n) is 2.66. The van der Waals surface area contributed by atoms with Gasteiger partial charge in [0, 0.05) is 0 Å². The molecule has 0 radical (unpaired) electrons. The Labute approximate surface area is 137 Å². The molecule has 1 aliphatic rings. The maximum absolute atomic E-state index is 13.3. The fourth-order valence-corrected chi connectivity index (χ4v) is 2.89. The molecule has 128 valence electrons. The van der Waals surface area contributed by atoms with Crippen LogP contribution in [0, 0.1) is 6.92 Å². The van der Waals surface area contributed by atoms with Crippen molar-refractivity contribution in [2.75, 3.05) is 0 Å². The summed E-state index contributed by atoms with van der Waals surface area (Å²) in [5.41, 5.74) is 2.39. The number of halogens is 2. The van der Waals surface area contributed by atoms with E-state index in [1.807, 2.05) is 19.1 Å². The third-order valence-electron chi connectivity index (χ3n) is 3.90. The van der Waals surface area contributed by atoms with Gasteiger partial charge in [-0.05, 0) is 44.1 Å². The van der Waals surface area contributed by atoms with Gasteiger partial charge in [-0.3, -0.25) is 5.04 Å². The number of carbonyl (C=O) groups is 1. The fraction of sp³-hybridized carbons (Fsp3) is 0.533. The largest absolute Gasteiger partial charge is 0.691 e. The van der Waals surface area contributed by atoms with Crippen LogP contribution in [0.15, 0.2) is 24.3 Å². The minimum absolute atomic E-state index is 0.345. The Morgan fingerprint density at radius 3 is 2.39 bits per heavy atom. The summed E-state index contributed by atoms with van der Waals surface area (Å²) < 4.78 is 34.9. The van der Waals surface area contributed by atoms with Crippen LogP contribution in [0.5, 0.6) is 0 Å². The first-order valence-corrected chi connectivity index (χ1v) is 7.96. The number of alkyl halides is 2. The molecular weight excluding hydrogens is 330 g/mol. The van der Waals surface area contributed by atoms with Crippen molar-refractivity contribution < 1.29 is 32.9 Å². The number of rotatable bonds is 6. The van der Waals surface area contributed by atoms with Gasteiger partial charge in [0.25, 0.3) is 0 Å². The molecule has 23 heavy (non-hydrogen) atoms. The molecule has 0 aliphatic heterocycles. The Hall–Kier alpha value is -1.22. The number of benzene rings is 1. The van der Waals surface area contributed by atoms with Crippen molar-refractivity contribution in [3.63, 3.8) is 0 Å². The highest BCUT2D eigenvalue weighted by Gasteiger charge is 2.45. The highest BCUT2D eigenvalue weighted by atomic mass is 32.2. The minimum atomic E-state index is -3.97. The Morgan fingerprint density at radius 2 is 1.83 bits per heavy atom. The van der Waals surface area contributed by atoms with Gasteiger partial charge < -0.3 is 9.99 Å². The SMILES string of the molecule is Cc1ccc(C2CCC(OC(=O)C(F)(F)SOO[O-])CC2)cc1. The lowest BCUT2D eigenvalue weighted by Crippen LogP contribution is -2.33. The normalized spacial score (nSPS) is 21.9. The van der Waals surface area contributed by atoms with E-state index in [1.54, 1.807) is 0 Å². The van der Waals surface area contributed by atoms with E-state index in [0.717, 1.165) is 12.8 Å². The summed E-state index contributed by atoms with van der Waals surface area (Å²) in [4.78, 5) is 11.4. The summed E-state index contributed by atoms with van der Waals surface area (Å²) in [5, 5.41) is 8.39. The molecule has 1 saturated carbocycles. The highest BCUT2D eigenvalue weighted by Crippen LogP contribution is 2.36. The molecule has 0 heterocycles. The third-order valence-corrected chi connectivity index (χ3v) is 4.40. The Morgan fingerprint density at radius 1 is 1.22 bits per heavy atom. The molecule has 0 saturated heterocycles. The molecular formula is C15H17F2O5S-. The molecule has 0 unspecified atom stereocenters. The monoisotopic (exact) mass is 347 g/mol. The molecule has 0 amide bonds. The predicted octanol–water partition coefficient (Wildman–Crippen LogP) is 3.03. The van der Waals surface area contributed by atoms with Crippen molar-refractivity contribution in [3.8, 4) is 0 Å². The maximum atomic E-state index is 13.3. The van der Waals surface area contributed by atoms with Gasteiger partial charge in [0.15, 0.2) is 0 Å². The van der Waals surface area contributed by atoms with Crippen LogP contribution in [0.25, 0.3) is 0 Å². The average molecular weight is 347 g/mol. The van der Waals surface area contributed by atoms with Crippen molar-refractivity contribution >= 4 is 18.0 Å². The van der Waals surface area contributed by atoms with Crippen LogP contribution in [0.3, 0.4) is 0 Å². The second-order valence-electron chi connectivity index (χ2n) is 5.53. The van der Waals surface area contributed by atoms with Gasteiger partial charge in [-0.15, -0.1) is 0 Å². The molecule has 1 aromatic carbocycles. The summed E-state index contributed by atoms with van der Waals surface area (Å²) in [6, 6.07) is 8.21. The van der Waals surface area contributed by atoms with Crippen LogP contribution >= 0.6 is 12.0 Å². The smallest absolute Gasteiger partial charge is 0.415 e. The Kier molecular flexibility index (Phi) is 6.34. The molecule has 2 rings (SSSR count). The van der Waals surface area contributed by atoms with Crippen molar-refractivity contribution in [2.24, 2.45) is 0 Å². The number of hydrogen-bond donors (Lipinski definition) is 0. The zero-order valence-electron chi connectivity index (χ0n) is 12.5. The first kappa shape index (κ1) is 18.1. The number of ether oxygens (including phenoxy) is 1. The van der Waals surface area contributed by atoms with Crippen LogP contribution < -0.4 is 5.26 Å². The lowest BCUT2D eigenvalue weighted by Gasteiger charge is -2.29. The molecule has 0 bridgehead atoms. The highest BCUT2D eigenvalue weighted by molar-refractivity contribution is 7.96. The predicted molar refractivity (Wildman–Crippen MR) is 77.0 cm³/mol. The molecule has 0 spiro atoms. The van der Waals surface area contributed by atoms with Gasteiger partial charge in [0.1, 0.15) is 18.1 Å². The van der Waals surface area contributed by atoms with Crippen LogP contribution in [0.1, 0.15) is 42.7 Å². The van der Waals surface area contributed by atoms with E-state index < -0.39 is 29.4 Å². The standard InChI is InChI=1S/C15H18F2O5S/c1-10-2-4-11(5-3-10)12-6-8-13(9-7-12)20-14(18)15(16,17)23-22-21-19/h2-5,12-13,19H,6-9H2,1H3/p-1. The van der Waals surface area contributed by atoms with Gasteiger partial charge in [0.2, 0.25) is 0 Å². The summed E-state index contributed by atoms with van der Waals surface area (Å²) in [7, 11) is 0. The molecule has 1 aliphatic carbocycles. The average Bonchev–Trinajstić information content (AvgIpc) is 2.54. The lowest BCUT2D eigenvalue weighted by atomic mass is 9.82. The first-order chi connectivity index (χ1) is 10.9. The summed E-state index contributed by atoms with van der Waals surface area (Å²) in [5.74, 6) is -1.38. The molecule has 5 nitrogen and oxygen atoms in total. The quantitative estimate of drug-likeness (QED) is 0.341. The number of esters is 1. The van der Waals surface area contributed by atoms with Crippen LogP contribution in [-0.2, 0) is 18.9 Å². The van der Waals surface area contributed by atoms with E-state index in [9.17, 15) is 18.8 Å². The number of carbonyl (C=O) groups excluding carboxylic acids is 1. The van der Waals surface area contributed by atoms with Crippen LogP contribution in [-0.4, -0.2) is 17.3 Å². The van der Waals surface area contributed by atoms with E-state index in [2.05, 4.69) is 21.5 Å². The minimum Gasteiger partial charge on any atom is -0.691 e. The Balaban J connectivity index is 1.82. The van der Waals surface area contributed by atoms with E-state index in [4.69, 9.17) is 4.74 Å². The maximum Gasteiger partial charge on any atom is 0.415 e. The summed E-state index contributed by atoms with van der Waals surface area (Å²) in [6.45, 7) is 2.01. The van der Waals surface area contributed by atoms with Gasteiger partial charge in [-0.1, -0.05) is 29.8 Å². The molecule has 0 atom stereocenters. The van der Waals surface area contributed by atoms with Crippen molar-refractivity contribution in [2.45, 2.75) is 49.9 Å². The van der Waals surface area contributed by atoms with Crippen LogP contribution in [0.4, 0.5) is 8.78 Å². The van der Waals surface area contributed by atoms with E-state index >= 15 is 0 Å². The topological polar surface area (TPSA) is 67.8 Å². The van der Waals surface area contributed by atoms with E-state index in [-0.39, 0.29) is 0 Å². The van der Waals surface area contributed by atoms with Crippen molar-refractivity contribution in [3.05, 3.63) is 35.4 Å². The molecule has 0 aromatic heterocycles. The van der Waals surface area contributed by atoms with Crippen molar-refractivity contribution in [1.29, 1.82) is 0 Å². The van der Waals surface area contributed by atoms with Crippen LogP contribution in [0.2, 0.25) is 0 Å². The number of hydrogen-bond acceptors (Lipinski definition) is 6. The van der Waals surface area contributed by atoms with Gasteiger partial charge >= 0.3 is 11.2 Å². The second-order valence-corrected chi connectivity index (χ2v) is 6.34. The summed E-state index contributed by atoms with van der Waals surface area (Å²) >= 11 is -0.668. The van der Waals surface area contributed by atoms with E-state index in [0.29, 0.717) is 18.8 Å². The van der Waals surface area contributed by atoms with Gasteiger partial charge in [0.05, 0.1) is 0 Å². The van der Waals surface area contributed by atoms with Crippen molar-refractivity contribution in [1.82, 2.24) is 0 Å². The first-order valence-electron chi connectivity index (χ1n) is 7.22. The molecule has 0 N–H and O–H groups in total. The molecule has 8 heteroatoms. The third kappa shape index (κ3) is 5.13. The second kappa shape index (κ2) is 8.05. The zero-order chi connectivity index (χ0) is 16.9. The van der Waals surface area contributed by atoms with E-state index in [1.165, 1.54) is 11.1 Å². The zero-order valence-corrected chi connectivity index (χ0v) is 13.3. The molecule has 1 fully saturated rings. The number of aryl methyl sites for hydroxylation is 1. The summed E-state index contributed by atoms with van der Waals surface area (Å²) in [6.07, 6.45) is 2.01. The van der Waals surface area contributed by atoms with Gasteiger partial charge in [-0.2, -0.15) is 13.1 Å².